The van der Waals surface area contributed by atoms with Gasteiger partial charge in [0.25, 0.3) is 5.56 Å². The van der Waals surface area contributed by atoms with E-state index in [4.69, 9.17) is 16.3 Å². The number of halogens is 1. The number of thiazole rings is 1. The molecule has 0 amide bonds. The number of esters is 1. The molecule has 0 fully saturated rings. The first-order valence-electron chi connectivity index (χ1n) is 9.58. The molecule has 0 bridgehead atoms. The fourth-order valence-electron chi connectivity index (χ4n) is 3.51. The van der Waals surface area contributed by atoms with Crippen LogP contribution >= 0.6 is 22.9 Å². The van der Waals surface area contributed by atoms with Crippen LogP contribution in [0.3, 0.4) is 0 Å². The van der Waals surface area contributed by atoms with Gasteiger partial charge in [-0.2, -0.15) is 0 Å². The average Bonchev–Trinajstić information content (AvgIpc) is 3.08. The number of hydrogen-bond acceptors (Lipinski definition) is 5. The lowest BCUT2D eigenvalue weighted by Gasteiger charge is -2.25. The van der Waals surface area contributed by atoms with Crippen molar-refractivity contribution in [3.05, 3.63) is 108 Å². The summed E-state index contributed by atoms with van der Waals surface area (Å²) in [6.07, 6.45) is 5.52. The third kappa shape index (κ3) is 4.04. The highest BCUT2D eigenvalue weighted by atomic mass is 35.5. The molecule has 31 heavy (non-hydrogen) atoms. The maximum absolute atomic E-state index is 13.3. The lowest BCUT2D eigenvalue weighted by Crippen LogP contribution is -2.39. The minimum Gasteiger partial charge on any atom is -0.466 e. The number of nitrogens with zero attached hydrogens (tertiary/aromatic N) is 2. The van der Waals surface area contributed by atoms with Crippen LogP contribution < -0.4 is 14.9 Å². The first kappa shape index (κ1) is 21.0. The molecule has 0 spiro atoms. The van der Waals surface area contributed by atoms with E-state index in [1.54, 1.807) is 31.2 Å². The molecule has 4 rings (SSSR count). The maximum Gasteiger partial charge on any atom is 0.338 e. The number of ether oxygens (including phenoxy) is 1. The first-order chi connectivity index (χ1) is 15.0. The molecule has 156 valence electrons. The summed E-state index contributed by atoms with van der Waals surface area (Å²) in [6.45, 7) is 1.74. The fraction of sp³-hybridized carbons (Fsp3) is 0.125. The van der Waals surface area contributed by atoms with Crippen molar-refractivity contribution in [2.75, 3.05) is 7.11 Å². The van der Waals surface area contributed by atoms with Crippen molar-refractivity contribution < 1.29 is 9.53 Å². The van der Waals surface area contributed by atoms with Crippen molar-refractivity contribution in [3.8, 4) is 0 Å². The normalized spacial score (nSPS) is 16.4. The molecule has 0 saturated carbocycles. The van der Waals surface area contributed by atoms with E-state index in [1.165, 1.54) is 23.0 Å². The van der Waals surface area contributed by atoms with Gasteiger partial charge >= 0.3 is 5.97 Å². The molecule has 2 aromatic carbocycles. The summed E-state index contributed by atoms with van der Waals surface area (Å²) in [7, 11) is 1.31. The highest BCUT2D eigenvalue weighted by Crippen LogP contribution is 2.34. The number of fused-ring (bicyclic) bond motifs is 1. The average molecular weight is 451 g/mol. The van der Waals surface area contributed by atoms with Gasteiger partial charge in [0.2, 0.25) is 0 Å². The molecule has 1 aliphatic rings. The molecular weight excluding hydrogens is 432 g/mol. The van der Waals surface area contributed by atoms with E-state index < -0.39 is 12.0 Å². The molecule has 1 atom stereocenters. The number of allylic oxidation sites excluding steroid dienone is 2. The van der Waals surface area contributed by atoms with Crippen molar-refractivity contribution in [2.45, 2.75) is 13.0 Å². The molecule has 0 N–H and O–H groups in total. The Morgan fingerprint density at radius 2 is 1.87 bits per heavy atom. The highest BCUT2D eigenvalue weighted by Gasteiger charge is 2.34. The van der Waals surface area contributed by atoms with Crippen molar-refractivity contribution in [3.63, 3.8) is 0 Å². The smallest absolute Gasteiger partial charge is 0.338 e. The Balaban J connectivity index is 1.90. The Labute approximate surface area is 187 Å². The third-order valence-electron chi connectivity index (χ3n) is 4.96. The summed E-state index contributed by atoms with van der Waals surface area (Å²) in [5.41, 5.74) is 2.25. The monoisotopic (exact) mass is 450 g/mol. The van der Waals surface area contributed by atoms with E-state index in [0.717, 1.165) is 5.56 Å². The van der Waals surface area contributed by atoms with Gasteiger partial charge < -0.3 is 4.74 Å². The van der Waals surface area contributed by atoms with Gasteiger partial charge in [0.15, 0.2) is 4.80 Å². The van der Waals surface area contributed by atoms with Crippen LogP contribution in [-0.2, 0) is 9.53 Å². The molecular formula is C24H19ClN2O3S. The molecule has 5 nitrogen and oxygen atoms in total. The zero-order valence-corrected chi connectivity index (χ0v) is 18.5. The lowest BCUT2D eigenvalue weighted by atomic mass is 9.96. The Hall–Kier alpha value is -3.22. The molecule has 3 aromatic rings. The number of hydrogen-bond donors (Lipinski definition) is 0. The molecule has 1 aliphatic heterocycles. The van der Waals surface area contributed by atoms with Gasteiger partial charge in [-0.25, -0.2) is 9.79 Å². The van der Waals surface area contributed by atoms with E-state index in [0.29, 0.717) is 31.2 Å². The summed E-state index contributed by atoms with van der Waals surface area (Å²) in [4.78, 5) is 31.0. The summed E-state index contributed by atoms with van der Waals surface area (Å²) in [5, 5.41) is 0.460. The van der Waals surface area contributed by atoms with Crippen LogP contribution in [0.2, 0.25) is 5.02 Å². The Morgan fingerprint density at radius 1 is 1.16 bits per heavy atom. The van der Waals surface area contributed by atoms with Crippen LogP contribution in [0.5, 0.6) is 0 Å². The van der Waals surface area contributed by atoms with Gasteiger partial charge in [0, 0.05) is 5.02 Å². The molecule has 0 saturated heterocycles. The zero-order valence-electron chi connectivity index (χ0n) is 16.9. The van der Waals surface area contributed by atoms with Crippen LogP contribution in [0, 0.1) is 0 Å². The topological polar surface area (TPSA) is 60.7 Å². The van der Waals surface area contributed by atoms with E-state index in [9.17, 15) is 9.59 Å². The largest absolute Gasteiger partial charge is 0.466 e. The first-order valence-corrected chi connectivity index (χ1v) is 10.8. The van der Waals surface area contributed by atoms with Crippen molar-refractivity contribution in [2.24, 2.45) is 4.99 Å². The van der Waals surface area contributed by atoms with E-state index in [1.807, 2.05) is 48.6 Å². The number of carbonyl (C=O) groups is 1. The Kier molecular flexibility index (Phi) is 6.02. The quantitative estimate of drug-likeness (QED) is 0.569. The van der Waals surface area contributed by atoms with Gasteiger partial charge in [-0.1, -0.05) is 83.6 Å². The highest BCUT2D eigenvalue weighted by molar-refractivity contribution is 7.07. The number of aromatic nitrogens is 1. The lowest BCUT2D eigenvalue weighted by molar-refractivity contribution is -0.136. The van der Waals surface area contributed by atoms with Crippen molar-refractivity contribution in [1.29, 1.82) is 0 Å². The van der Waals surface area contributed by atoms with Crippen LogP contribution in [0.25, 0.3) is 12.2 Å². The minimum absolute atomic E-state index is 0.236. The number of methoxy groups -OCH3 is 1. The minimum atomic E-state index is -0.711. The summed E-state index contributed by atoms with van der Waals surface area (Å²) >= 11 is 7.73. The van der Waals surface area contributed by atoms with Gasteiger partial charge in [0.1, 0.15) is 6.04 Å². The molecule has 1 aromatic heterocycles. The second-order valence-electron chi connectivity index (χ2n) is 6.89. The fourth-order valence-corrected chi connectivity index (χ4v) is 4.75. The van der Waals surface area contributed by atoms with Gasteiger partial charge in [-0.3, -0.25) is 9.36 Å². The predicted octanol–water partition coefficient (Wildman–Crippen LogP) is 3.73. The van der Waals surface area contributed by atoms with Crippen LogP contribution in [0.15, 0.2) is 81.7 Å². The van der Waals surface area contributed by atoms with Crippen LogP contribution in [0.4, 0.5) is 0 Å². The van der Waals surface area contributed by atoms with E-state index in [-0.39, 0.29) is 5.56 Å². The molecule has 0 unspecified atom stereocenters. The Morgan fingerprint density at radius 3 is 2.58 bits per heavy atom. The van der Waals surface area contributed by atoms with Crippen LogP contribution in [-0.4, -0.2) is 17.6 Å². The summed E-state index contributed by atoms with van der Waals surface area (Å²) < 4.78 is 7.03. The third-order valence-corrected chi connectivity index (χ3v) is 6.31. The standard InChI is InChI=1S/C24H19ClN2O3S/c1-15-20(23(29)30-2)21(17-12-6-7-13-18(17)25)27-22(28)19(31-24(27)26-15)14-8-11-16-9-4-3-5-10-16/h3-14,21H,1-2H3/b11-8+,19-14?/t21-/m0/s1. The van der Waals surface area contributed by atoms with Gasteiger partial charge in [-0.15, -0.1) is 0 Å². The number of benzene rings is 2. The second-order valence-corrected chi connectivity index (χ2v) is 8.30. The summed E-state index contributed by atoms with van der Waals surface area (Å²) in [5.74, 6) is -0.538. The molecule has 7 heteroatoms. The van der Waals surface area contributed by atoms with Crippen LogP contribution in [0.1, 0.15) is 24.1 Å². The Bertz CT molecular complexity index is 1380. The SMILES string of the molecule is COC(=O)C1=C(C)N=c2sc(=C/C=C/c3ccccc3)c(=O)n2[C@H]1c1ccccc1Cl. The maximum atomic E-state index is 13.3. The molecule has 0 radical (unpaired) electrons. The number of rotatable bonds is 4. The van der Waals surface area contributed by atoms with E-state index >= 15 is 0 Å². The molecule has 0 aliphatic carbocycles. The molecule has 2 heterocycles. The van der Waals surface area contributed by atoms with Crippen molar-refractivity contribution in [1.82, 2.24) is 4.57 Å². The zero-order chi connectivity index (χ0) is 22.0. The van der Waals surface area contributed by atoms with E-state index in [2.05, 4.69) is 4.99 Å². The van der Waals surface area contributed by atoms with Gasteiger partial charge in [-0.05, 0) is 30.2 Å². The number of carbonyl (C=O) groups excluding carboxylic acids is 1. The predicted molar refractivity (Wildman–Crippen MR) is 124 cm³/mol. The summed E-state index contributed by atoms with van der Waals surface area (Å²) in [6, 6.07) is 16.3. The second kappa shape index (κ2) is 8.88. The van der Waals surface area contributed by atoms with Crippen molar-refractivity contribution >= 4 is 41.1 Å². The van der Waals surface area contributed by atoms with Gasteiger partial charge in [0.05, 0.1) is 22.9 Å².